The SMILES string of the molecule is N#Cc1cnn2c(O)c(Cc3c(F)cccc3Cl)c(=O)[nH]c12. The Morgan fingerprint density at radius 3 is 2.91 bits per heavy atom. The summed E-state index contributed by atoms with van der Waals surface area (Å²) in [7, 11) is 0. The predicted molar refractivity (Wildman–Crippen MR) is 76.4 cm³/mol. The van der Waals surface area contributed by atoms with Crippen LogP contribution in [0.1, 0.15) is 16.7 Å². The van der Waals surface area contributed by atoms with E-state index in [1.54, 1.807) is 0 Å². The number of H-pyrrole nitrogens is 1. The molecule has 0 aliphatic rings. The first-order valence-electron chi connectivity index (χ1n) is 6.17. The van der Waals surface area contributed by atoms with Gasteiger partial charge in [0.05, 0.1) is 11.8 Å². The number of aromatic nitrogens is 3. The molecule has 0 aliphatic carbocycles. The van der Waals surface area contributed by atoms with Gasteiger partial charge >= 0.3 is 0 Å². The number of fused-ring (bicyclic) bond motifs is 1. The molecule has 0 saturated heterocycles. The number of hydrogen-bond acceptors (Lipinski definition) is 4. The van der Waals surface area contributed by atoms with E-state index in [4.69, 9.17) is 16.9 Å². The Balaban J connectivity index is 2.20. The Kier molecular flexibility index (Phi) is 3.31. The van der Waals surface area contributed by atoms with E-state index in [2.05, 4.69) is 10.1 Å². The van der Waals surface area contributed by atoms with Crippen molar-refractivity contribution < 1.29 is 9.50 Å². The number of nitrogens with zero attached hydrogens (tertiary/aromatic N) is 3. The highest BCUT2D eigenvalue weighted by atomic mass is 35.5. The molecule has 0 aliphatic heterocycles. The van der Waals surface area contributed by atoms with Crippen molar-refractivity contribution in [1.29, 1.82) is 5.26 Å². The zero-order chi connectivity index (χ0) is 15.9. The van der Waals surface area contributed by atoms with E-state index in [0.717, 1.165) is 4.52 Å². The second-order valence-electron chi connectivity index (χ2n) is 4.56. The molecule has 6 nitrogen and oxygen atoms in total. The van der Waals surface area contributed by atoms with Gasteiger partial charge in [0.2, 0.25) is 5.88 Å². The van der Waals surface area contributed by atoms with Gasteiger partial charge in [0.1, 0.15) is 17.4 Å². The van der Waals surface area contributed by atoms with Gasteiger partial charge in [0, 0.05) is 17.0 Å². The fourth-order valence-corrected chi connectivity index (χ4v) is 2.39. The fourth-order valence-electron chi connectivity index (χ4n) is 2.16. The molecule has 3 aromatic rings. The summed E-state index contributed by atoms with van der Waals surface area (Å²) in [4.78, 5) is 14.6. The Hall–Kier alpha value is -2.85. The molecule has 1 aromatic carbocycles. The van der Waals surface area contributed by atoms with Crippen LogP contribution in [0.5, 0.6) is 5.88 Å². The van der Waals surface area contributed by atoms with Gasteiger partial charge in [-0.2, -0.15) is 14.9 Å². The van der Waals surface area contributed by atoms with Gasteiger partial charge in [0.25, 0.3) is 5.56 Å². The van der Waals surface area contributed by atoms with Crippen LogP contribution in [0.4, 0.5) is 4.39 Å². The normalized spacial score (nSPS) is 10.8. The Labute approximate surface area is 128 Å². The first-order chi connectivity index (χ1) is 10.5. The highest BCUT2D eigenvalue weighted by molar-refractivity contribution is 6.31. The minimum atomic E-state index is -0.638. The maximum Gasteiger partial charge on any atom is 0.258 e. The molecule has 2 N–H and O–H groups in total. The van der Waals surface area contributed by atoms with Crippen LogP contribution < -0.4 is 5.56 Å². The standard InChI is InChI=1S/C14H8ClFN4O2/c15-10-2-1-3-11(16)8(10)4-9-13(21)19-12-7(5-17)6-18-20(12)14(9)22/h1-3,6,22H,4H2,(H,19,21). The maximum absolute atomic E-state index is 13.8. The van der Waals surface area contributed by atoms with Crippen molar-refractivity contribution >= 4 is 17.2 Å². The van der Waals surface area contributed by atoms with Gasteiger partial charge in [-0.15, -0.1) is 0 Å². The number of rotatable bonds is 2. The third-order valence-corrected chi connectivity index (χ3v) is 3.64. The lowest BCUT2D eigenvalue weighted by atomic mass is 10.1. The lowest BCUT2D eigenvalue weighted by molar-refractivity contribution is 0.427. The van der Waals surface area contributed by atoms with E-state index in [-0.39, 0.29) is 33.8 Å². The minimum Gasteiger partial charge on any atom is -0.493 e. The van der Waals surface area contributed by atoms with Crippen LogP contribution in [0, 0.1) is 17.1 Å². The van der Waals surface area contributed by atoms with E-state index in [0.29, 0.717) is 0 Å². The number of nitrogens with one attached hydrogen (secondary N) is 1. The summed E-state index contributed by atoms with van der Waals surface area (Å²) in [6.07, 6.45) is 1.01. The fraction of sp³-hybridized carbons (Fsp3) is 0.0714. The van der Waals surface area contributed by atoms with Crippen molar-refractivity contribution in [3.05, 3.63) is 62.3 Å². The van der Waals surface area contributed by atoms with E-state index < -0.39 is 17.3 Å². The molecule has 0 unspecified atom stereocenters. The van der Waals surface area contributed by atoms with Crippen molar-refractivity contribution in [3.63, 3.8) is 0 Å². The molecular weight excluding hydrogens is 311 g/mol. The van der Waals surface area contributed by atoms with Crippen LogP contribution in [0.2, 0.25) is 5.02 Å². The van der Waals surface area contributed by atoms with E-state index in [1.165, 1.54) is 24.4 Å². The number of halogens is 2. The van der Waals surface area contributed by atoms with Crippen LogP contribution in [-0.4, -0.2) is 19.7 Å². The number of aromatic amines is 1. The average molecular weight is 319 g/mol. The topological polar surface area (TPSA) is 94.2 Å². The molecule has 22 heavy (non-hydrogen) atoms. The average Bonchev–Trinajstić information content (AvgIpc) is 2.89. The quantitative estimate of drug-likeness (QED) is 0.755. The largest absolute Gasteiger partial charge is 0.493 e. The summed E-state index contributed by atoms with van der Waals surface area (Å²) < 4.78 is 14.8. The molecule has 0 bridgehead atoms. The number of hydrogen-bond donors (Lipinski definition) is 2. The third-order valence-electron chi connectivity index (χ3n) is 3.28. The summed E-state index contributed by atoms with van der Waals surface area (Å²) in [6, 6.07) is 6.00. The summed E-state index contributed by atoms with van der Waals surface area (Å²) in [5, 5.41) is 23.1. The zero-order valence-corrected chi connectivity index (χ0v) is 11.7. The van der Waals surface area contributed by atoms with E-state index in [1.807, 2.05) is 6.07 Å². The van der Waals surface area contributed by atoms with Crippen molar-refractivity contribution in [3.8, 4) is 11.9 Å². The van der Waals surface area contributed by atoms with Crippen molar-refractivity contribution in [2.24, 2.45) is 0 Å². The molecule has 2 heterocycles. The number of aromatic hydroxyl groups is 1. The zero-order valence-electron chi connectivity index (χ0n) is 11.0. The summed E-state index contributed by atoms with van der Waals surface area (Å²) in [6.45, 7) is 0. The molecule has 0 saturated carbocycles. The molecule has 0 amide bonds. The molecule has 0 atom stereocenters. The van der Waals surface area contributed by atoms with Crippen LogP contribution in [0.3, 0.4) is 0 Å². The lowest BCUT2D eigenvalue weighted by Gasteiger charge is -2.08. The predicted octanol–water partition coefficient (Wildman–Crippen LogP) is 1.98. The van der Waals surface area contributed by atoms with Crippen LogP contribution in [-0.2, 0) is 6.42 Å². The molecule has 3 rings (SSSR count). The van der Waals surface area contributed by atoms with Gasteiger partial charge in [0.15, 0.2) is 5.65 Å². The second kappa shape index (κ2) is 5.16. The summed E-state index contributed by atoms with van der Waals surface area (Å²) in [5.74, 6) is -1.04. The molecule has 0 fully saturated rings. The van der Waals surface area contributed by atoms with Gasteiger partial charge in [-0.1, -0.05) is 17.7 Å². The molecule has 0 spiro atoms. The van der Waals surface area contributed by atoms with E-state index >= 15 is 0 Å². The molecule has 0 radical (unpaired) electrons. The number of nitriles is 1. The Morgan fingerprint density at radius 1 is 1.45 bits per heavy atom. The van der Waals surface area contributed by atoms with Gasteiger partial charge in [-0.25, -0.2) is 4.39 Å². The number of benzene rings is 1. The Morgan fingerprint density at radius 2 is 2.23 bits per heavy atom. The monoisotopic (exact) mass is 318 g/mol. The minimum absolute atomic E-state index is 0.0772. The first kappa shape index (κ1) is 14.1. The molecule has 8 heteroatoms. The summed E-state index contributed by atoms with van der Waals surface area (Å²) in [5.41, 5.74) is -0.443. The van der Waals surface area contributed by atoms with Gasteiger partial charge in [-0.3, -0.25) is 4.79 Å². The van der Waals surface area contributed by atoms with Crippen LogP contribution in [0.25, 0.3) is 5.65 Å². The Bertz CT molecular complexity index is 967. The van der Waals surface area contributed by atoms with Crippen molar-refractivity contribution in [2.75, 3.05) is 0 Å². The highest BCUT2D eigenvalue weighted by Gasteiger charge is 2.18. The smallest absolute Gasteiger partial charge is 0.258 e. The van der Waals surface area contributed by atoms with Crippen molar-refractivity contribution in [1.82, 2.24) is 14.6 Å². The first-order valence-corrected chi connectivity index (χ1v) is 6.55. The third kappa shape index (κ3) is 2.10. The molecular formula is C14H8ClFN4O2. The molecule has 110 valence electrons. The van der Waals surface area contributed by atoms with E-state index in [9.17, 15) is 14.3 Å². The second-order valence-corrected chi connectivity index (χ2v) is 4.97. The van der Waals surface area contributed by atoms with Crippen LogP contribution in [0.15, 0.2) is 29.2 Å². The van der Waals surface area contributed by atoms with Crippen molar-refractivity contribution in [2.45, 2.75) is 6.42 Å². The highest BCUT2D eigenvalue weighted by Crippen LogP contribution is 2.25. The van der Waals surface area contributed by atoms with Crippen LogP contribution >= 0.6 is 11.6 Å². The van der Waals surface area contributed by atoms with Gasteiger partial charge < -0.3 is 10.1 Å². The molecule has 2 aromatic heterocycles. The van der Waals surface area contributed by atoms with Gasteiger partial charge in [-0.05, 0) is 12.1 Å². The maximum atomic E-state index is 13.8. The summed E-state index contributed by atoms with van der Waals surface area (Å²) >= 11 is 5.93. The lowest BCUT2D eigenvalue weighted by Crippen LogP contribution is -2.17.